The maximum absolute atomic E-state index is 5.37. The smallest absolute Gasteiger partial charge is 0.167 e. The molecule has 4 nitrogen and oxygen atoms in total. The van der Waals surface area contributed by atoms with Gasteiger partial charge in [-0.15, -0.1) is 10.2 Å². The first-order valence-corrected chi connectivity index (χ1v) is 6.27. The molecule has 1 heterocycles. The summed E-state index contributed by atoms with van der Waals surface area (Å²) >= 11 is 3.43. The topological polar surface area (TPSA) is 39.9 Å². The molecule has 0 saturated carbocycles. The van der Waals surface area contributed by atoms with Crippen LogP contribution in [0.1, 0.15) is 13.3 Å². The van der Waals surface area contributed by atoms with Crippen LogP contribution >= 0.6 is 15.9 Å². The lowest BCUT2D eigenvalue weighted by molar-refractivity contribution is 0.415. The van der Waals surface area contributed by atoms with Crippen molar-refractivity contribution in [3.05, 3.63) is 29.0 Å². The second-order valence-corrected chi connectivity index (χ2v) is 4.61. The number of aryl methyl sites for hydroxylation is 1. The highest BCUT2D eigenvalue weighted by atomic mass is 79.9. The van der Waals surface area contributed by atoms with Crippen molar-refractivity contribution in [3.63, 3.8) is 0 Å². The molecule has 0 aliphatic carbocycles. The van der Waals surface area contributed by atoms with Crippen LogP contribution in [0.4, 0.5) is 0 Å². The summed E-state index contributed by atoms with van der Waals surface area (Å²) in [6.07, 6.45) is 2.80. The molecule has 0 radical (unpaired) electrons. The summed E-state index contributed by atoms with van der Waals surface area (Å²) in [4.78, 5) is 0. The quantitative estimate of drug-likeness (QED) is 0.870. The van der Waals surface area contributed by atoms with Crippen LogP contribution in [0.15, 0.2) is 29.0 Å². The van der Waals surface area contributed by atoms with E-state index in [1.165, 1.54) is 0 Å². The van der Waals surface area contributed by atoms with Gasteiger partial charge >= 0.3 is 0 Å². The van der Waals surface area contributed by atoms with Gasteiger partial charge in [-0.2, -0.15) is 0 Å². The number of rotatable bonds is 4. The van der Waals surface area contributed by atoms with E-state index in [0.29, 0.717) is 0 Å². The van der Waals surface area contributed by atoms with Gasteiger partial charge in [0.1, 0.15) is 12.1 Å². The molecule has 1 aromatic carbocycles. The number of aromatic nitrogens is 3. The first kappa shape index (κ1) is 12.1. The van der Waals surface area contributed by atoms with Crippen LogP contribution in [0, 0.1) is 0 Å². The first-order valence-electron chi connectivity index (χ1n) is 5.48. The Morgan fingerprint density at radius 2 is 2.24 bits per heavy atom. The van der Waals surface area contributed by atoms with E-state index in [2.05, 4.69) is 33.1 Å². The molecular formula is C12H14BrN3O. The van der Waals surface area contributed by atoms with Crippen molar-refractivity contribution in [1.29, 1.82) is 0 Å². The summed E-state index contributed by atoms with van der Waals surface area (Å²) in [6, 6.07) is 5.89. The number of hydrogen-bond acceptors (Lipinski definition) is 3. The Labute approximate surface area is 109 Å². The van der Waals surface area contributed by atoms with E-state index < -0.39 is 0 Å². The third kappa shape index (κ3) is 2.49. The molecule has 0 amide bonds. The Morgan fingerprint density at radius 1 is 1.41 bits per heavy atom. The average Bonchev–Trinajstić information content (AvgIpc) is 2.77. The van der Waals surface area contributed by atoms with Gasteiger partial charge in [-0.3, -0.25) is 0 Å². The van der Waals surface area contributed by atoms with Crippen molar-refractivity contribution in [2.75, 3.05) is 7.11 Å². The fraction of sp³-hybridized carbons (Fsp3) is 0.333. The van der Waals surface area contributed by atoms with Gasteiger partial charge in [0, 0.05) is 11.0 Å². The third-order valence-corrected chi connectivity index (χ3v) is 2.98. The molecule has 0 N–H and O–H groups in total. The van der Waals surface area contributed by atoms with E-state index in [0.717, 1.165) is 34.6 Å². The lowest BCUT2D eigenvalue weighted by atomic mass is 10.2. The van der Waals surface area contributed by atoms with Crippen molar-refractivity contribution < 1.29 is 4.74 Å². The third-order valence-electron chi connectivity index (χ3n) is 2.48. The standard InChI is InChI=1S/C12H14BrN3O/c1-3-6-16-8-14-15-12(16)10-5-4-9(13)7-11(10)17-2/h4-5,7-8H,3,6H2,1-2H3. The van der Waals surface area contributed by atoms with Gasteiger partial charge < -0.3 is 9.30 Å². The molecule has 0 unspecified atom stereocenters. The zero-order chi connectivity index (χ0) is 12.3. The normalized spacial score (nSPS) is 10.5. The monoisotopic (exact) mass is 295 g/mol. The van der Waals surface area contributed by atoms with Gasteiger partial charge in [-0.25, -0.2) is 0 Å². The molecular weight excluding hydrogens is 282 g/mol. The van der Waals surface area contributed by atoms with E-state index in [1.54, 1.807) is 13.4 Å². The molecule has 0 aliphatic heterocycles. The number of nitrogens with zero attached hydrogens (tertiary/aromatic N) is 3. The molecule has 90 valence electrons. The molecule has 5 heteroatoms. The molecule has 0 bridgehead atoms. The van der Waals surface area contributed by atoms with Crippen LogP contribution in [-0.2, 0) is 6.54 Å². The maximum atomic E-state index is 5.37. The lowest BCUT2D eigenvalue weighted by Gasteiger charge is -2.09. The maximum Gasteiger partial charge on any atom is 0.167 e. The fourth-order valence-electron chi connectivity index (χ4n) is 1.72. The van der Waals surface area contributed by atoms with Crippen LogP contribution in [0.3, 0.4) is 0 Å². The van der Waals surface area contributed by atoms with Gasteiger partial charge in [-0.1, -0.05) is 22.9 Å². The van der Waals surface area contributed by atoms with Gasteiger partial charge in [0.25, 0.3) is 0 Å². The highest BCUT2D eigenvalue weighted by Crippen LogP contribution is 2.31. The molecule has 17 heavy (non-hydrogen) atoms. The Morgan fingerprint density at radius 3 is 2.94 bits per heavy atom. The number of ether oxygens (including phenoxy) is 1. The fourth-order valence-corrected chi connectivity index (χ4v) is 2.06. The molecule has 1 aromatic heterocycles. The van der Waals surface area contributed by atoms with Gasteiger partial charge in [0.05, 0.1) is 12.7 Å². The SMILES string of the molecule is CCCn1cnnc1-c1ccc(Br)cc1OC. The van der Waals surface area contributed by atoms with Crippen molar-refractivity contribution in [3.8, 4) is 17.1 Å². The van der Waals surface area contributed by atoms with Crippen LogP contribution < -0.4 is 4.74 Å². The largest absolute Gasteiger partial charge is 0.496 e. The van der Waals surface area contributed by atoms with E-state index in [9.17, 15) is 0 Å². The van der Waals surface area contributed by atoms with Gasteiger partial charge in [-0.05, 0) is 24.6 Å². The van der Waals surface area contributed by atoms with Crippen LogP contribution in [0.5, 0.6) is 5.75 Å². The summed E-state index contributed by atoms with van der Waals surface area (Å²) in [5, 5.41) is 8.12. The highest BCUT2D eigenvalue weighted by molar-refractivity contribution is 9.10. The number of benzene rings is 1. The number of methoxy groups -OCH3 is 1. The zero-order valence-corrected chi connectivity index (χ0v) is 11.4. The van der Waals surface area contributed by atoms with Gasteiger partial charge in [0.15, 0.2) is 5.82 Å². The van der Waals surface area contributed by atoms with E-state index in [4.69, 9.17) is 4.74 Å². The minimum absolute atomic E-state index is 0.796. The minimum atomic E-state index is 0.796. The summed E-state index contributed by atoms with van der Waals surface area (Å²) in [5.41, 5.74) is 0.960. The van der Waals surface area contributed by atoms with E-state index >= 15 is 0 Å². The molecule has 0 atom stereocenters. The van der Waals surface area contributed by atoms with Crippen LogP contribution in [0.2, 0.25) is 0 Å². The minimum Gasteiger partial charge on any atom is -0.496 e. The summed E-state index contributed by atoms with van der Waals surface area (Å²) in [7, 11) is 1.66. The Hall–Kier alpha value is -1.36. The molecule has 0 fully saturated rings. The number of hydrogen-bond donors (Lipinski definition) is 0. The predicted octanol–water partition coefficient (Wildman–Crippen LogP) is 3.13. The first-order chi connectivity index (χ1) is 8.26. The summed E-state index contributed by atoms with van der Waals surface area (Å²) in [6.45, 7) is 3.03. The number of halogens is 1. The molecule has 0 saturated heterocycles. The Bertz CT molecular complexity index is 510. The molecule has 0 aliphatic rings. The lowest BCUT2D eigenvalue weighted by Crippen LogP contribution is -1.99. The van der Waals surface area contributed by atoms with Crippen molar-refractivity contribution >= 4 is 15.9 Å². The Balaban J connectivity index is 2.48. The summed E-state index contributed by atoms with van der Waals surface area (Å²) < 4.78 is 8.39. The second-order valence-electron chi connectivity index (χ2n) is 3.69. The highest BCUT2D eigenvalue weighted by Gasteiger charge is 2.12. The van der Waals surface area contributed by atoms with Crippen LogP contribution in [-0.4, -0.2) is 21.9 Å². The zero-order valence-electron chi connectivity index (χ0n) is 9.85. The van der Waals surface area contributed by atoms with Crippen molar-refractivity contribution in [1.82, 2.24) is 14.8 Å². The van der Waals surface area contributed by atoms with Crippen molar-refractivity contribution in [2.24, 2.45) is 0 Å². The molecule has 2 aromatic rings. The average molecular weight is 296 g/mol. The molecule has 2 rings (SSSR count). The van der Waals surface area contributed by atoms with E-state index in [1.807, 2.05) is 22.8 Å². The van der Waals surface area contributed by atoms with Crippen molar-refractivity contribution in [2.45, 2.75) is 19.9 Å². The molecule has 0 spiro atoms. The van der Waals surface area contributed by atoms with Crippen LogP contribution in [0.25, 0.3) is 11.4 Å². The van der Waals surface area contributed by atoms with Gasteiger partial charge in [0.2, 0.25) is 0 Å². The Kier molecular flexibility index (Phi) is 3.78. The predicted molar refractivity (Wildman–Crippen MR) is 70.0 cm³/mol. The van der Waals surface area contributed by atoms with E-state index in [-0.39, 0.29) is 0 Å². The summed E-state index contributed by atoms with van der Waals surface area (Å²) in [5.74, 6) is 1.64. The second kappa shape index (κ2) is 5.31.